The highest BCUT2D eigenvalue weighted by Crippen LogP contribution is 2.43. The van der Waals surface area contributed by atoms with Gasteiger partial charge in [0.05, 0.1) is 13.0 Å². The largest absolute Gasteiger partial charge is 0.507 e. The highest BCUT2D eigenvalue weighted by molar-refractivity contribution is 6.03. The van der Waals surface area contributed by atoms with Crippen LogP contribution in [-0.2, 0) is 11.3 Å². The number of aryl methyl sites for hydroxylation is 1. The van der Waals surface area contributed by atoms with Gasteiger partial charge in [-0.1, -0.05) is 36.4 Å². The van der Waals surface area contributed by atoms with Crippen molar-refractivity contribution in [2.75, 3.05) is 0 Å². The first-order valence-corrected chi connectivity index (χ1v) is 8.96. The summed E-state index contributed by atoms with van der Waals surface area (Å²) in [6.07, 6.45) is 5.66. The fraction of sp³-hybridized carbons (Fsp3) is 0.318. The van der Waals surface area contributed by atoms with Gasteiger partial charge in [0.15, 0.2) is 11.4 Å². The van der Waals surface area contributed by atoms with Crippen molar-refractivity contribution < 1.29 is 19.4 Å². The second-order valence-electron chi connectivity index (χ2n) is 7.08. The van der Waals surface area contributed by atoms with Crippen LogP contribution < -0.4 is 4.74 Å². The van der Waals surface area contributed by atoms with Gasteiger partial charge in [0.1, 0.15) is 23.2 Å². The van der Waals surface area contributed by atoms with E-state index >= 15 is 0 Å². The Morgan fingerprint density at radius 3 is 2.88 bits per heavy atom. The number of Topliss-reactive ketones (excluding diaryl/α,β-unsaturated/α-hetero) is 1. The van der Waals surface area contributed by atoms with Gasteiger partial charge in [-0.05, 0) is 49.1 Å². The number of hydrogen-bond acceptors (Lipinski definition) is 4. The van der Waals surface area contributed by atoms with Gasteiger partial charge in [-0.2, -0.15) is 0 Å². The number of carbonyl (C=O) groups excluding carboxylic acids is 1. The summed E-state index contributed by atoms with van der Waals surface area (Å²) in [6, 6.07) is 13.4. The molecule has 0 unspecified atom stereocenters. The van der Waals surface area contributed by atoms with Gasteiger partial charge in [-0.3, -0.25) is 4.79 Å². The third kappa shape index (κ3) is 3.01. The summed E-state index contributed by atoms with van der Waals surface area (Å²) in [5.74, 6) is 0.323. The Balaban J connectivity index is 1.63. The topological polar surface area (TPSA) is 55.8 Å². The molecule has 4 heteroatoms. The van der Waals surface area contributed by atoms with Crippen molar-refractivity contribution in [2.24, 2.45) is 0 Å². The lowest BCUT2D eigenvalue weighted by Crippen LogP contribution is -2.52. The number of benzene rings is 2. The van der Waals surface area contributed by atoms with E-state index in [0.717, 1.165) is 24.0 Å². The van der Waals surface area contributed by atoms with Crippen LogP contribution in [0.3, 0.4) is 0 Å². The third-order valence-corrected chi connectivity index (χ3v) is 5.08. The number of phenolic OH excluding ortho intramolecular Hbond substituents is 1. The second kappa shape index (κ2) is 6.61. The Hall–Kier alpha value is -2.59. The summed E-state index contributed by atoms with van der Waals surface area (Å²) in [5.41, 5.74) is 1.42. The first-order chi connectivity index (χ1) is 12.6. The summed E-state index contributed by atoms with van der Waals surface area (Å²) in [6.45, 7) is 2.35. The van der Waals surface area contributed by atoms with Gasteiger partial charge in [0.2, 0.25) is 0 Å². The minimum absolute atomic E-state index is 0.0126. The summed E-state index contributed by atoms with van der Waals surface area (Å²) >= 11 is 0. The highest BCUT2D eigenvalue weighted by atomic mass is 16.6. The molecule has 0 fully saturated rings. The lowest BCUT2D eigenvalue weighted by molar-refractivity contribution is -0.0842. The molecule has 4 rings (SSSR count). The van der Waals surface area contributed by atoms with Gasteiger partial charge < -0.3 is 14.6 Å². The van der Waals surface area contributed by atoms with E-state index in [-0.39, 0.29) is 29.6 Å². The molecule has 1 N–H and O–H groups in total. The average molecular weight is 350 g/mol. The van der Waals surface area contributed by atoms with Crippen molar-refractivity contribution in [2.45, 2.75) is 44.5 Å². The molecular weight excluding hydrogens is 328 g/mol. The van der Waals surface area contributed by atoms with E-state index in [9.17, 15) is 9.90 Å². The maximum absolute atomic E-state index is 12.8. The Kier molecular flexibility index (Phi) is 4.29. The molecule has 2 aliphatic rings. The van der Waals surface area contributed by atoms with Gasteiger partial charge in [0, 0.05) is 0 Å². The minimum atomic E-state index is -0.808. The normalized spacial score (nSPS) is 24.3. The van der Waals surface area contributed by atoms with E-state index < -0.39 is 5.60 Å². The van der Waals surface area contributed by atoms with Crippen LogP contribution >= 0.6 is 0 Å². The Morgan fingerprint density at radius 1 is 1.27 bits per heavy atom. The zero-order chi connectivity index (χ0) is 18.1. The van der Waals surface area contributed by atoms with Crippen LogP contribution in [0.15, 0.2) is 54.6 Å². The zero-order valence-electron chi connectivity index (χ0n) is 14.8. The lowest BCUT2D eigenvalue weighted by atomic mass is 9.80. The quantitative estimate of drug-likeness (QED) is 0.837. The highest BCUT2D eigenvalue weighted by Gasteiger charge is 2.47. The van der Waals surface area contributed by atoms with Crippen molar-refractivity contribution in [3.63, 3.8) is 0 Å². The van der Waals surface area contributed by atoms with Gasteiger partial charge in [0.25, 0.3) is 0 Å². The van der Waals surface area contributed by atoms with Crippen molar-refractivity contribution in [3.8, 4) is 11.5 Å². The predicted molar refractivity (Wildman–Crippen MR) is 98.5 cm³/mol. The van der Waals surface area contributed by atoms with Crippen molar-refractivity contribution >= 4 is 5.78 Å². The first kappa shape index (κ1) is 16.9. The maximum Gasteiger partial charge on any atom is 0.174 e. The molecule has 1 spiro atoms. The maximum atomic E-state index is 12.8. The van der Waals surface area contributed by atoms with Crippen molar-refractivity contribution in [1.82, 2.24) is 0 Å². The fourth-order valence-corrected chi connectivity index (χ4v) is 3.83. The molecule has 0 bridgehead atoms. The molecule has 2 aromatic carbocycles. The third-order valence-electron chi connectivity index (χ3n) is 5.08. The monoisotopic (exact) mass is 350 g/mol. The fourth-order valence-electron chi connectivity index (χ4n) is 3.83. The molecule has 4 nitrogen and oxygen atoms in total. The van der Waals surface area contributed by atoms with Gasteiger partial charge in [-0.15, -0.1) is 0 Å². The molecule has 134 valence electrons. The number of carbonyl (C=O) groups is 1. The number of rotatable bonds is 3. The van der Waals surface area contributed by atoms with Crippen molar-refractivity contribution in [1.29, 1.82) is 0 Å². The van der Waals surface area contributed by atoms with Crippen LogP contribution in [0.1, 0.15) is 40.7 Å². The molecule has 1 aliphatic carbocycles. The van der Waals surface area contributed by atoms with Crippen LogP contribution in [-0.4, -0.2) is 22.6 Å². The van der Waals surface area contributed by atoms with E-state index in [4.69, 9.17) is 9.47 Å². The predicted octanol–water partition coefficient (Wildman–Crippen LogP) is 4.34. The number of allylic oxidation sites excluding steroid dienone is 1. The number of ether oxygens (including phenoxy) is 2. The van der Waals surface area contributed by atoms with E-state index in [2.05, 4.69) is 6.08 Å². The minimum Gasteiger partial charge on any atom is -0.507 e. The zero-order valence-corrected chi connectivity index (χ0v) is 14.8. The molecule has 0 saturated heterocycles. The van der Waals surface area contributed by atoms with Crippen LogP contribution in [0.4, 0.5) is 0 Å². The SMILES string of the molecule is Cc1cc(O)c2c(c1)O[C@@]1(C=CCC[C@@H]1OCc1ccccc1)CC2=O. The second-order valence-corrected chi connectivity index (χ2v) is 7.08. The number of phenols is 1. The number of fused-ring (bicyclic) bond motifs is 1. The summed E-state index contributed by atoms with van der Waals surface area (Å²) < 4.78 is 12.5. The van der Waals surface area contributed by atoms with Gasteiger partial charge >= 0.3 is 0 Å². The summed E-state index contributed by atoms with van der Waals surface area (Å²) in [4.78, 5) is 12.8. The number of aromatic hydroxyl groups is 1. The van der Waals surface area contributed by atoms with Crippen LogP contribution in [0, 0.1) is 6.92 Å². The molecule has 1 aliphatic heterocycles. The Labute approximate surface area is 153 Å². The van der Waals surface area contributed by atoms with E-state index in [1.165, 1.54) is 0 Å². The van der Waals surface area contributed by atoms with Crippen LogP contribution in [0.25, 0.3) is 0 Å². The first-order valence-electron chi connectivity index (χ1n) is 8.96. The average Bonchev–Trinajstić information content (AvgIpc) is 2.61. The molecule has 0 radical (unpaired) electrons. The Bertz CT molecular complexity index is 856. The number of hydrogen-bond donors (Lipinski definition) is 1. The van der Waals surface area contributed by atoms with E-state index in [1.807, 2.05) is 49.4 Å². The standard InChI is InChI=1S/C22H22O4/c1-15-11-17(23)21-18(24)13-22(26-19(21)12-15)10-6-5-9-20(22)25-14-16-7-3-2-4-8-16/h2-4,6-8,10-12,20,23H,5,9,13-14H2,1H3/t20-,22-/m0/s1. The van der Waals surface area contributed by atoms with Crippen LogP contribution in [0.5, 0.6) is 11.5 Å². The van der Waals surface area contributed by atoms with Crippen molar-refractivity contribution in [3.05, 3.63) is 71.3 Å². The molecule has 2 aromatic rings. The molecule has 0 aromatic heterocycles. The molecule has 0 amide bonds. The number of ketones is 1. The van der Waals surface area contributed by atoms with E-state index in [1.54, 1.807) is 6.07 Å². The molecule has 1 heterocycles. The van der Waals surface area contributed by atoms with Crippen LogP contribution in [0.2, 0.25) is 0 Å². The van der Waals surface area contributed by atoms with E-state index in [0.29, 0.717) is 12.4 Å². The molecular formula is C22H22O4. The van der Waals surface area contributed by atoms with Gasteiger partial charge in [-0.25, -0.2) is 0 Å². The smallest absolute Gasteiger partial charge is 0.174 e. The summed E-state index contributed by atoms with van der Waals surface area (Å²) in [7, 11) is 0. The molecule has 0 saturated carbocycles. The molecule has 2 atom stereocenters. The lowest BCUT2D eigenvalue weighted by Gasteiger charge is -2.43. The Morgan fingerprint density at radius 2 is 2.08 bits per heavy atom. The molecule has 26 heavy (non-hydrogen) atoms. The summed E-state index contributed by atoms with van der Waals surface area (Å²) in [5, 5.41) is 10.2.